The first-order chi connectivity index (χ1) is 10.8. The Morgan fingerprint density at radius 2 is 1.83 bits per heavy atom. The Balaban J connectivity index is 2.10. The zero-order chi connectivity index (χ0) is 16.8. The number of anilines is 1. The molecule has 0 saturated carbocycles. The molecule has 8 heteroatoms. The van der Waals surface area contributed by atoms with Crippen LogP contribution in [0.25, 0.3) is 0 Å². The molecule has 0 amide bonds. The van der Waals surface area contributed by atoms with E-state index in [0.717, 1.165) is 11.1 Å². The maximum atomic E-state index is 14.1. The van der Waals surface area contributed by atoms with Crippen LogP contribution in [0, 0.1) is 17.5 Å². The number of sulfonamides is 1. The van der Waals surface area contributed by atoms with Crippen molar-refractivity contribution in [2.45, 2.75) is 23.8 Å². The molecule has 0 radical (unpaired) electrons. The molecule has 2 aromatic carbocycles. The molecule has 1 aliphatic rings. The van der Waals surface area contributed by atoms with E-state index in [9.17, 15) is 21.6 Å². The third kappa shape index (κ3) is 2.79. The number of hydrogen-bond donors (Lipinski definition) is 2. The summed E-state index contributed by atoms with van der Waals surface area (Å²) in [6, 6.07) is 7.25. The van der Waals surface area contributed by atoms with Crippen molar-refractivity contribution in [1.82, 2.24) is 0 Å². The van der Waals surface area contributed by atoms with Crippen LogP contribution < -0.4 is 10.5 Å². The Morgan fingerprint density at radius 3 is 2.52 bits per heavy atom. The summed E-state index contributed by atoms with van der Waals surface area (Å²) in [4.78, 5) is -1.20. The van der Waals surface area contributed by atoms with Gasteiger partial charge in [0.25, 0.3) is 0 Å². The lowest BCUT2D eigenvalue weighted by molar-refractivity contribution is 0.472. The molecule has 0 aliphatic heterocycles. The molecule has 0 heterocycles. The smallest absolute Gasteiger partial charge is 0.243 e. The van der Waals surface area contributed by atoms with E-state index in [2.05, 4.69) is 5.32 Å². The third-order valence-electron chi connectivity index (χ3n) is 3.86. The molecule has 0 bridgehead atoms. The summed E-state index contributed by atoms with van der Waals surface area (Å²) in [5.74, 6) is -4.51. The minimum Gasteiger partial charge on any atom is -0.375 e. The van der Waals surface area contributed by atoms with E-state index in [0.29, 0.717) is 18.9 Å². The van der Waals surface area contributed by atoms with Crippen LogP contribution in [0.1, 0.15) is 23.6 Å². The Morgan fingerprint density at radius 1 is 1.13 bits per heavy atom. The summed E-state index contributed by atoms with van der Waals surface area (Å²) in [7, 11) is -4.65. The summed E-state index contributed by atoms with van der Waals surface area (Å²) in [6.07, 6.45) is 1.28. The van der Waals surface area contributed by atoms with Gasteiger partial charge in [0.2, 0.25) is 10.0 Å². The topological polar surface area (TPSA) is 72.2 Å². The Hall–Kier alpha value is -2.06. The lowest BCUT2D eigenvalue weighted by Crippen LogP contribution is -2.20. The highest BCUT2D eigenvalue weighted by Crippen LogP contribution is 2.37. The molecule has 23 heavy (non-hydrogen) atoms. The van der Waals surface area contributed by atoms with Gasteiger partial charge in [0.1, 0.15) is 4.90 Å². The van der Waals surface area contributed by atoms with Gasteiger partial charge in [-0.25, -0.2) is 26.7 Å². The van der Waals surface area contributed by atoms with Crippen molar-refractivity contribution in [3.05, 3.63) is 58.9 Å². The van der Waals surface area contributed by atoms with Crippen LogP contribution in [0.15, 0.2) is 35.2 Å². The van der Waals surface area contributed by atoms with Gasteiger partial charge in [0, 0.05) is 6.07 Å². The summed E-state index contributed by atoms with van der Waals surface area (Å²) >= 11 is 0. The van der Waals surface area contributed by atoms with Crippen LogP contribution >= 0.6 is 0 Å². The van der Waals surface area contributed by atoms with Gasteiger partial charge in [0.15, 0.2) is 17.5 Å². The molecule has 0 spiro atoms. The normalized spacial score (nSPS) is 17.1. The van der Waals surface area contributed by atoms with Gasteiger partial charge in [0.05, 0.1) is 11.7 Å². The van der Waals surface area contributed by atoms with Crippen molar-refractivity contribution in [3.63, 3.8) is 0 Å². The fourth-order valence-electron chi connectivity index (χ4n) is 2.86. The van der Waals surface area contributed by atoms with Crippen molar-refractivity contribution in [3.8, 4) is 0 Å². The van der Waals surface area contributed by atoms with Crippen molar-refractivity contribution < 1.29 is 21.6 Å². The largest absolute Gasteiger partial charge is 0.375 e. The number of halogens is 3. The highest BCUT2D eigenvalue weighted by molar-refractivity contribution is 7.89. The predicted octanol–water partition coefficient (Wildman–Crippen LogP) is 2.85. The second-order valence-electron chi connectivity index (χ2n) is 5.34. The Kier molecular flexibility index (Phi) is 3.81. The average Bonchev–Trinajstić information content (AvgIpc) is 2.87. The maximum absolute atomic E-state index is 14.1. The highest BCUT2D eigenvalue weighted by Gasteiger charge is 2.30. The molecule has 3 rings (SSSR count). The minimum atomic E-state index is -4.65. The quantitative estimate of drug-likeness (QED) is 0.843. The molecule has 0 fully saturated rings. The number of nitrogens with two attached hydrogens (primary N) is 1. The van der Waals surface area contributed by atoms with Crippen molar-refractivity contribution in [1.29, 1.82) is 0 Å². The van der Waals surface area contributed by atoms with E-state index in [-0.39, 0.29) is 0 Å². The van der Waals surface area contributed by atoms with Crippen molar-refractivity contribution >= 4 is 15.7 Å². The second kappa shape index (κ2) is 5.54. The Labute approximate surface area is 131 Å². The van der Waals surface area contributed by atoms with Crippen LogP contribution in [-0.2, 0) is 16.4 Å². The summed E-state index contributed by atoms with van der Waals surface area (Å²) in [6.45, 7) is 0. The molecule has 1 atom stereocenters. The number of fused-ring (bicyclic) bond motifs is 1. The molecule has 2 aromatic rings. The first-order valence-electron chi connectivity index (χ1n) is 6.83. The fraction of sp³-hybridized carbons (Fsp3) is 0.200. The minimum absolute atomic E-state index is 0.299. The zero-order valence-electron chi connectivity index (χ0n) is 11.8. The van der Waals surface area contributed by atoms with Crippen LogP contribution in [0.5, 0.6) is 0 Å². The van der Waals surface area contributed by atoms with E-state index in [4.69, 9.17) is 5.14 Å². The molecular weight excluding hydrogens is 329 g/mol. The number of aryl methyl sites for hydroxylation is 1. The monoisotopic (exact) mass is 342 g/mol. The maximum Gasteiger partial charge on any atom is 0.243 e. The zero-order valence-corrected chi connectivity index (χ0v) is 12.6. The lowest BCUT2D eigenvalue weighted by Gasteiger charge is -2.19. The standard InChI is InChI=1S/C15H13F3N2O2S/c16-10-7-11(17)14(15(13(10)18)23(19,21)22)20-12-6-5-8-3-1-2-4-9(8)12/h1-4,7,12,20H,5-6H2,(H2,19,21,22)/t12-/m0/s1. The van der Waals surface area contributed by atoms with E-state index < -0.39 is 44.1 Å². The number of nitrogens with one attached hydrogen (secondary N) is 1. The molecular formula is C15H13F3N2O2S. The van der Waals surface area contributed by atoms with Gasteiger partial charge in [-0.3, -0.25) is 0 Å². The molecule has 1 aliphatic carbocycles. The van der Waals surface area contributed by atoms with Crippen molar-refractivity contribution in [2.75, 3.05) is 5.32 Å². The van der Waals surface area contributed by atoms with Crippen molar-refractivity contribution in [2.24, 2.45) is 5.14 Å². The van der Waals surface area contributed by atoms with E-state index in [1.165, 1.54) is 0 Å². The number of primary sulfonamides is 1. The van der Waals surface area contributed by atoms with Crippen LogP contribution in [0.2, 0.25) is 0 Å². The van der Waals surface area contributed by atoms with E-state index in [1.807, 2.05) is 18.2 Å². The van der Waals surface area contributed by atoms with E-state index in [1.54, 1.807) is 6.07 Å². The summed E-state index contributed by atoms with van der Waals surface area (Å²) < 4.78 is 64.4. The van der Waals surface area contributed by atoms with Crippen LogP contribution in [0.4, 0.5) is 18.9 Å². The molecule has 4 nitrogen and oxygen atoms in total. The van der Waals surface area contributed by atoms with Gasteiger partial charge in [-0.15, -0.1) is 0 Å². The van der Waals surface area contributed by atoms with Gasteiger partial charge in [-0.1, -0.05) is 24.3 Å². The summed E-state index contributed by atoms with van der Waals surface area (Å²) in [5, 5.41) is 7.59. The van der Waals surface area contributed by atoms with Gasteiger partial charge in [-0.2, -0.15) is 0 Å². The Bertz CT molecular complexity index is 885. The molecule has 122 valence electrons. The number of rotatable bonds is 3. The molecule has 0 aromatic heterocycles. The van der Waals surface area contributed by atoms with Crippen LogP contribution in [0.3, 0.4) is 0 Å². The van der Waals surface area contributed by atoms with Gasteiger partial charge < -0.3 is 5.32 Å². The number of hydrogen-bond acceptors (Lipinski definition) is 3. The fourth-order valence-corrected chi connectivity index (χ4v) is 3.64. The molecule has 0 saturated heterocycles. The second-order valence-corrected chi connectivity index (χ2v) is 6.84. The molecule has 3 N–H and O–H groups in total. The van der Waals surface area contributed by atoms with Gasteiger partial charge >= 0.3 is 0 Å². The SMILES string of the molecule is NS(=O)(=O)c1c(F)c(F)cc(F)c1N[C@H]1CCc2ccccc21. The summed E-state index contributed by atoms with van der Waals surface area (Å²) in [5.41, 5.74) is 1.25. The predicted molar refractivity (Wildman–Crippen MR) is 78.8 cm³/mol. The third-order valence-corrected chi connectivity index (χ3v) is 4.82. The number of benzene rings is 2. The van der Waals surface area contributed by atoms with E-state index >= 15 is 0 Å². The van der Waals surface area contributed by atoms with Crippen LogP contribution in [-0.4, -0.2) is 8.42 Å². The highest BCUT2D eigenvalue weighted by atomic mass is 32.2. The lowest BCUT2D eigenvalue weighted by atomic mass is 10.1. The first-order valence-corrected chi connectivity index (χ1v) is 8.38. The molecule has 0 unspecified atom stereocenters. The van der Waals surface area contributed by atoms with Gasteiger partial charge in [-0.05, 0) is 24.0 Å². The average molecular weight is 342 g/mol. The first kappa shape index (κ1) is 15.8.